The fourth-order valence-electron chi connectivity index (χ4n) is 3.58. The number of alkyl halides is 1. The van der Waals surface area contributed by atoms with E-state index in [1.807, 2.05) is 41.5 Å². The van der Waals surface area contributed by atoms with Gasteiger partial charge >= 0.3 is 0 Å². The predicted molar refractivity (Wildman–Crippen MR) is 119 cm³/mol. The summed E-state index contributed by atoms with van der Waals surface area (Å²) in [5.74, 6) is -0.127. The summed E-state index contributed by atoms with van der Waals surface area (Å²) in [6.07, 6.45) is 17.8. The number of allylic oxidation sites excluding steroid dienone is 6. The molecule has 1 aliphatic carbocycles. The highest BCUT2D eigenvalue weighted by Crippen LogP contribution is 2.48. The number of anilines is 1. The summed E-state index contributed by atoms with van der Waals surface area (Å²) in [5, 5.41) is 15.5. The van der Waals surface area contributed by atoms with E-state index in [-0.39, 0.29) is 0 Å². The van der Waals surface area contributed by atoms with Crippen molar-refractivity contribution in [2.24, 2.45) is 5.73 Å². The summed E-state index contributed by atoms with van der Waals surface area (Å²) < 4.78 is -0.822. The Labute approximate surface area is 189 Å². The Kier molecular flexibility index (Phi) is 4.60. The molecule has 31 heavy (non-hydrogen) atoms. The minimum absolute atomic E-state index is 0.311. The van der Waals surface area contributed by atoms with Crippen molar-refractivity contribution in [1.82, 2.24) is 30.2 Å². The molecule has 4 heterocycles. The summed E-state index contributed by atoms with van der Waals surface area (Å²) in [5.41, 5.74) is 8.92. The van der Waals surface area contributed by atoms with Crippen LogP contribution in [0.25, 0.3) is 5.82 Å². The summed E-state index contributed by atoms with van der Waals surface area (Å²) in [7, 11) is 0. The number of amides is 1. The van der Waals surface area contributed by atoms with Crippen molar-refractivity contribution in [2.75, 3.05) is 4.90 Å². The van der Waals surface area contributed by atoms with Crippen molar-refractivity contribution in [2.45, 2.75) is 4.32 Å². The molecule has 1 amide bonds. The summed E-state index contributed by atoms with van der Waals surface area (Å²) in [6.45, 7) is 0. The third kappa shape index (κ3) is 3.11. The molecule has 0 saturated heterocycles. The summed E-state index contributed by atoms with van der Waals surface area (Å²) in [4.78, 5) is 19.7. The first kappa shape index (κ1) is 19.5. The number of H-pyrrole nitrogens is 1. The van der Waals surface area contributed by atoms with Crippen molar-refractivity contribution in [1.29, 1.82) is 0 Å². The highest BCUT2D eigenvalue weighted by atomic mass is 79.9. The molecule has 0 bridgehead atoms. The smallest absolute Gasteiger partial charge is 0.252 e. The molecule has 3 aromatic heterocycles. The van der Waals surface area contributed by atoms with Crippen LogP contribution in [0.3, 0.4) is 0 Å². The highest BCUT2D eigenvalue weighted by molar-refractivity contribution is 9.10. The Morgan fingerprint density at radius 3 is 2.74 bits per heavy atom. The lowest BCUT2D eigenvalue weighted by atomic mass is 9.85. The molecule has 9 nitrogen and oxygen atoms in total. The van der Waals surface area contributed by atoms with Gasteiger partial charge in [-0.3, -0.25) is 9.89 Å². The van der Waals surface area contributed by atoms with Crippen LogP contribution in [0.1, 0.15) is 16.1 Å². The molecule has 3 N–H and O–H groups in total. The summed E-state index contributed by atoms with van der Waals surface area (Å²) >= 11 is 10.3. The lowest BCUT2D eigenvalue weighted by Gasteiger charge is -2.37. The van der Waals surface area contributed by atoms with Gasteiger partial charge in [0.25, 0.3) is 5.91 Å². The van der Waals surface area contributed by atoms with E-state index in [0.29, 0.717) is 22.1 Å². The molecule has 2 aliphatic rings. The van der Waals surface area contributed by atoms with Crippen molar-refractivity contribution >= 4 is 39.1 Å². The lowest BCUT2D eigenvalue weighted by molar-refractivity contribution is 0.0999. The van der Waals surface area contributed by atoms with Crippen molar-refractivity contribution in [3.63, 3.8) is 0 Å². The molecular weight excluding hydrogens is 484 g/mol. The molecule has 1 atom stereocenters. The van der Waals surface area contributed by atoms with Gasteiger partial charge in [0.2, 0.25) is 0 Å². The van der Waals surface area contributed by atoms with E-state index in [2.05, 4.69) is 41.3 Å². The first-order valence-corrected chi connectivity index (χ1v) is 10.3. The van der Waals surface area contributed by atoms with Gasteiger partial charge in [-0.05, 0) is 18.2 Å². The second-order valence-corrected chi connectivity index (χ2v) is 8.41. The molecule has 0 fully saturated rings. The van der Waals surface area contributed by atoms with Gasteiger partial charge in [0.05, 0.1) is 52.5 Å². The quantitative estimate of drug-likeness (QED) is 0.535. The monoisotopic (exact) mass is 496 g/mol. The maximum atomic E-state index is 11.9. The average Bonchev–Trinajstić information content (AvgIpc) is 3.46. The third-order valence-corrected chi connectivity index (χ3v) is 6.33. The van der Waals surface area contributed by atoms with Gasteiger partial charge < -0.3 is 10.6 Å². The number of hydrogen-bond donors (Lipinski definition) is 2. The number of pyridine rings is 1. The van der Waals surface area contributed by atoms with Gasteiger partial charge in [-0.1, -0.05) is 45.8 Å². The van der Waals surface area contributed by atoms with E-state index in [0.717, 1.165) is 17.0 Å². The molecule has 3 aromatic rings. The van der Waals surface area contributed by atoms with E-state index in [4.69, 9.17) is 17.3 Å². The molecule has 0 aromatic carbocycles. The van der Waals surface area contributed by atoms with Crippen LogP contribution < -0.4 is 10.6 Å². The molecule has 0 radical (unpaired) electrons. The van der Waals surface area contributed by atoms with E-state index >= 15 is 0 Å². The van der Waals surface area contributed by atoms with Crippen LogP contribution in [-0.4, -0.2) is 36.1 Å². The highest BCUT2D eigenvalue weighted by Gasteiger charge is 2.40. The van der Waals surface area contributed by atoms with Gasteiger partial charge in [-0.25, -0.2) is 4.98 Å². The Morgan fingerprint density at radius 2 is 2.00 bits per heavy atom. The fraction of sp³-hybridized carbons (Fsp3) is 0.0500. The van der Waals surface area contributed by atoms with Gasteiger partial charge in [0.1, 0.15) is 4.32 Å². The predicted octanol–water partition coefficient (Wildman–Crippen LogP) is 3.14. The molecule has 0 saturated carbocycles. The number of nitrogens with zero attached hydrogens (tertiary/aromatic N) is 6. The van der Waals surface area contributed by atoms with E-state index in [9.17, 15) is 4.79 Å². The first-order valence-electron chi connectivity index (χ1n) is 9.12. The van der Waals surface area contributed by atoms with Crippen LogP contribution in [0.15, 0.2) is 78.7 Å². The topological polar surface area (TPSA) is 119 Å². The van der Waals surface area contributed by atoms with Crippen molar-refractivity contribution in [3.8, 4) is 5.82 Å². The maximum Gasteiger partial charge on any atom is 0.252 e. The number of primary amides is 1. The fourth-order valence-corrected chi connectivity index (χ4v) is 4.60. The molecule has 1 unspecified atom stereocenters. The van der Waals surface area contributed by atoms with Gasteiger partial charge in [-0.15, -0.1) is 4.80 Å². The largest absolute Gasteiger partial charge is 0.365 e. The normalized spacial score (nSPS) is 19.7. The van der Waals surface area contributed by atoms with Gasteiger partial charge in [0.15, 0.2) is 5.82 Å². The molecule has 154 valence electrons. The SMILES string of the molecule is NC(=O)c1cn[nH]c1C1(Br)C=CC=C2C1=CC=CN2c1cnc(-n2nccn2)c(Cl)c1. The number of rotatable bonds is 4. The zero-order valence-corrected chi connectivity index (χ0v) is 18.1. The second kappa shape index (κ2) is 7.33. The standard InChI is InChI=1S/C20H14BrClN8O/c21-20(17-13(18(23)31)11-25-28-17)5-1-4-16-14(20)3-2-8-29(16)12-9-15(22)19(24-10-12)30-26-6-7-27-30/h1-11H,(H2,23,31)(H,25,28). The number of hydrogen-bond acceptors (Lipinski definition) is 6. The maximum absolute atomic E-state index is 11.9. The van der Waals surface area contributed by atoms with Crippen LogP contribution in [0, 0.1) is 0 Å². The number of fused-ring (bicyclic) bond motifs is 1. The minimum atomic E-state index is -0.822. The first-order chi connectivity index (χ1) is 15.0. The Morgan fingerprint density at radius 1 is 1.19 bits per heavy atom. The second-order valence-electron chi connectivity index (χ2n) is 6.76. The minimum Gasteiger partial charge on any atom is -0.365 e. The Bertz CT molecular complexity index is 1310. The third-order valence-electron chi connectivity index (χ3n) is 4.97. The number of carbonyl (C=O) groups is 1. The van der Waals surface area contributed by atoms with Crippen molar-refractivity contribution < 1.29 is 4.79 Å². The number of nitrogens with two attached hydrogens (primary N) is 1. The van der Waals surface area contributed by atoms with Gasteiger partial charge in [0, 0.05) is 11.8 Å². The zero-order valence-electron chi connectivity index (χ0n) is 15.8. The molecular formula is C20H14BrClN8O. The van der Waals surface area contributed by atoms with Crippen molar-refractivity contribution in [3.05, 3.63) is 95.0 Å². The van der Waals surface area contributed by atoms with Crippen LogP contribution in [-0.2, 0) is 4.32 Å². The van der Waals surface area contributed by atoms with E-state index in [1.165, 1.54) is 11.0 Å². The van der Waals surface area contributed by atoms with Crippen LogP contribution >= 0.6 is 27.5 Å². The molecule has 5 rings (SSSR count). The number of halogens is 2. The van der Waals surface area contributed by atoms with Gasteiger partial charge in [-0.2, -0.15) is 15.3 Å². The zero-order chi connectivity index (χ0) is 21.6. The lowest BCUT2D eigenvalue weighted by Crippen LogP contribution is -2.32. The van der Waals surface area contributed by atoms with E-state index < -0.39 is 10.2 Å². The average molecular weight is 498 g/mol. The van der Waals surface area contributed by atoms with E-state index in [1.54, 1.807) is 24.7 Å². The van der Waals surface area contributed by atoms with Crippen LogP contribution in [0.4, 0.5) is 5.69 Å². The van der Waals surface area contributed by atoms with Crippen LogP contribution in [0.5, 0.6) is 0 Å². The number of carbonyl (C=O) groups excluding carboxylic acids is 1. The Balaban J connectivity index is 1.55. The Hall–Kier alpha value is -3.50. The number of aromatic amines is 1. The molecule has 11 heteroatoms. The van der Waals surface area contributed by atoms with Crippen LogP contribution in [0.2, 0.25) is 5.02 Å². The number of nitrogens with one attached hydrogen (secondary N) is 1. The summed E-state index contributed by atoms with van der Waals surface area (Å²) in [6, 6.07) is 1.79. The number of aromatic nitrogens is 6. The molecule has 0 spiro atoms. The molecule has 1 aliphatic heterocycles.